The third kappa shape index (κ3) is 4.12. The summed E-state index contributed by atoms with van der Waals surface area (Å²) in [5.41, 5.74) is 3.23. The first-order chi connectivity index (χ1) is 13.4. The molecule has 0 spiro atoms. The Kier molecular flexibility index (Phi) is 4.98. The molecule has 2 aromatic carbocycles. The van der Waals surface area contributed by atoms with Crippen molar-refractivity contribution >= 4 is 16.5 Å². The number of rotatable bonds is 5. The van der Waals surface area contributed by atoms with Crippen LogP contribution in [-0.4, -0.2) is 11.8 Å². The second-order valence-electron chi connectivity index (χ2n) is 7.89. The topological polar surface area (TPSA) is 43.4 Å². The van der Waals surface area contributed by atoms with E-state index in [0.29, 0.717) is 6.54 Å². The van der Waals surface area contributed by atoms with Crippen LogP contribution in [0.1, 0.15) is 42.5 Å². The fraction of sp³-hybridized carbons (Fsp3) is 0.318. The summed E-state index contributed by atoms with van der Waals surface area (Å²) in [5.74, 6) is 1.37. The minimum absolute atomic E-state index is 0.0576. The number of thiazole rings is 1. The summed E-state index contributed by atoms with van der Waals surface area (Å²) >= 11 is 1.67. The van der Waals surface area contributed by atoms with E-state index in [0.717, 1.165) is 34.3 Å². The number of aromatic nitrogens is 1. The van der Waals surface area contributed by atoms with Gasteiger partial charge in [-0.05, 0) is 35.4 Å². The molecular formula is C22H23FN2O2S. The molecule has 6 heteroatoms. The van der Waals surface area contributed by atoms with Crippen LogP contribution in [0, 0.1) is 5.82 Å². The molecule has 4 nitrogen and oxygen atoms in total. The van der Waals surface area contributed by atoms with Crippen molar-refractivity contribution in [3.05, 3.63) is 70.0 Å². The molecule has 0 saturated heterocycles. The first-order valence-corrected chi connectivity index (χ1v) is 10.1. The number of benzene rings is 2. The molecule has 0 unspecified atom stereocenters. The minimum atomic E-state index is -0.223. The molecule has 3 aromatic rings. The van der Waals surface area contributed by atoms with E-state index in [1.807, 2.05) is 12.1 Å². The highest BCUT2D eigenvalue weighted by Crippen LogP contribution is 2.37. The van der Waals surface area contributed by atoms with Crippen molar-refractivity contribution in [2.24, 2.45) is 0 Å². The summed E-state index contributed by atoms with van der Waals surface area (Å²) in [4.78, 5) is 6.09. The zero-order valence-corrected chi connectivity index (χ0v) is 17.0. The Morgan fingerprint density at radius 2 is 1.75 bits per heavy atom. The highest BCUT2D eigenvalue weighted by molar-refractivity contribution is 7.15. The summed E-state index contributed by atoms with van der Waals surface area (Å²) in [6, 6.07) is 12.6. The molecule has 0 saturated carbocycles. The molecule has 1 aliphatic heterocycles. The lowest BCUT2D eigenvalue weighted by Crippen LogP contribution is -2.14. The predicted molar refractivity (Wildman–Crippen MR) is 110 cm³/mol. The van der Waals surface area contributed by atoms with Gasteiger partial charge in [-0.2, -0.15) is 0 Å². The van der Waals surface area contributed by atoms with Crippen molar-refractivity contribution in [3.63, 3.8) is 0 Å². The Balaban J connectivity index is 1.55. The zero-order chi connectivity index (χ0) is 19.7. The lowest BCUT2D eigenvalue weighted by molar-refractivity contribution is 0.174. The molecule has 1 aliphatic rings. The van der Waals surface area contributed by atoms with Gasteiger partial charge >= 0.3 is 0 Å². The van der Waals surface area contributed by atoms with Crippen molar-refractivity contribution < 1.29 is 13.9 Å². The molecule has 0 radical (unpaired) electrons. The Morgan fingerprint density at radius 3 is 2.50 bits per heavy atom. The number of nitrogens with zero attached hydrogens (tertiary/aromatic N) is 1. The SMILES string of the molecule is CC(C)(C)c1nc(NCc2ccc(F)cc2)sc1Cc1ccc2c(c1)OCO2. The van der Waals surface area contributed by atoms with Crippen LogP contribution in [0.25, 0.3) is 0 Å². The summed E-state index contributed by atoms with van der Waals surface area (Å²) < 4.78 is 24.0. The summed E-state index contributed by atoms with van der Waals surface area (Å²) in [7, 11) is 0. The molecular weight excluding hydrogens is 375 g/mol. The van der Waals surface area contributed by atoms with Crippen molar-refractivity contribution in [2.45, 2.75) is 39.2 Å². The molecule has 2 heterocycles. The van der Waals surface area contributed by atoms with E-state index >= 15 is 0 Å². The van der Waals surface area contributed by atoms with Crippen LogP contribution < -0.4 is 14.8 Å². The zero-order valence-electron chi connectivity index (χ0n) is 16.2. The molecule has 1 aromatic heterocycles. The van der Waals surface area contributed by atoms with Gasteiger partial charge in [-0.15, -0.1) is 11.3 Å². The van der Waals surface area contributed by atoms with Gasteiger partial charge in [-0.25, -0.2) is 9.37 Å². The largest absolute Gasteiger partial charge is 0.454 e. The third-order valence-corrected chi connectivity index (χ3v) is 5.58. The van der Waals surface area contributed by atoms with E-state index in [1.165, 1.54) is 22.6 Å². The van der Waals surface area contributed by atoms with Crippen LogP contribution >= 0.6 is 11.3 Å². The molecule has 0 aliphatic carbocycles. The molecule has 0 amide bonds. The van der Waals surface area contributed by atoms with Crippen LogP contribution in [0.15, 0.2) is 42.5 Å². The normalized spacial score (nSPS) is 13.0. The number of anilines is 1. The molecule has 146 valence electrons. The first kappa shape index (κ1) is 18.7. The van der Waals surface area contributed by atoms with Crippen LogP contribution in [0.4, 0.5) is 9.52 Å². The maximum atomic E-state index is 13.1. The number of nitrogens with one attached hydrogen (secondary N) is 1. The Morgan fingerprint density at radius 1 is 1.04 bits per heavy atom. The molecule has 0 fully saturated rings. The average molecular weight is 399 g/mol. The fourth-order valence-corrected chi connectivity index (χ4v) is 4.35. The van der Waals surface area contributed by atoms with Gasteiger partial charge in [0.15, 0.2) is 16.6 Å². The molecule has 0 atom stereocenters. The van der Waals surface area contributed by atoms with Gasteiger partial charge in [-0.3, -0.25) is 0 Å². The Bertz CT molecular complexity index is 977. The summed E-state index contributed by atoms with van der Waals surface area (Å²) in [5, 5.41) is 4.26. The fourth-order valence-electron chi connectivity index (χ4n) is 3.15. The first-order valence-electron chi connectivity index (χ1n) is 9.25. The Hall–Kier alpha value is -2.60. The number of hydrogen-bond donors (Lipinski definition) is 1. The van der Waals surface area contributed by atoms with Crippen LogP contribution in [0.2, 0.25) is 0 Å². The number of halogens is 1. The molecule has 0 bridgehead atoms. The second-order valence-corrected chi connectivity index (χ2v) is 8.97. The van der Waals surface area contributed by atoms with Crippen LogP contribution in [-0.2, 0) is 18.4 Å². The van der Waals surface area contributed by atoms with Crippen molar-refractivity contribution in [2.75, 3.05) is 12.1 Å². The van der Waals surface area contributed by atoms with E-state index < -0.39 is 0 Å². The van der Waals surface area contributed by atoms with Gasteiger partial charge in [0.05, 0.1) is 5.69 Å². The second kappa shape index (κ2) is 7.43. The standard InChI is InChI=1S/C22H23FN2O2S/c1-22(2,3)20-19(11-15-6-9-17-18(10-15)27-13-26-17)28-21(25-20)24-12-14-4-7-16(23)8-5-14/h4-10H,11-13H2,1-3H3,(H,24,25). The summed E-state index contributed by atoms with van der Waals surface area (Å²) in [6.45, 7) is 7.42. The molecule has 4 rings (SSSR count). The van der Waals surface area contributed by atoms with Gasteiger partial charge < -0.3 is 14.8 Å². The predicted octanol–water partition coefficient (Wildman–Crippen LogP) is 5.51. The number of ether oxygens (including phenoxy) is 2. The van der Waals surface area contributed by atoms with Gasteiger partial charge in [0.25, 0.3) is 0 Å². The maximum Gasteiger partial charge on any atom is 0.231 e. The minimum Gasteiger partial charge on any atom is -0.454 e. The lowest BCUT2D eigenvalue weighted by atomic mass is 9.90. The Labute approximate surface area is 168 Å². The number of hydrogen-bond acceptors (Lipinski definition) is 5. The summed E-state index contributed by atoms with van der Waals surface area (Å²) in [6.07, 6.45) is 0.791. The molecule has 28 heavy (non-hydrogen) atoms. The van der Waals surface area contributed by atoms with Gasteiger partial charge in [0.2, 0.25) is 6.79 Å². The quantitative estimate of drug-likeness (QED) is 0.615. The van der Waals surface area contributed by atoms with Crippen LogP contribution in [0.5, 0.6) is 11.5 Å². The van der Waals surface area contributed by atoms with Gasteiger partial charge in [0.1, 0.15) is 5.82 Å². The van der Waals surface area contributed by atoms with E-state index in [1.54, 1.807) is 23.5 Å². The van der Waals surface area contributed by atoms with E-state index in [-0.39, 0.29) is 18.0 Å². The molecule has 1 N–H and O–H groups in total. The highest BCUT2D eigenvalue weighted by Gasteiger charge is 2.24. The highest BCUT2D eigenvalue weighted by atomic mass is 32.1. The van der Waals surface area contributed by atoms with E-state index in [4.69, 9.17) is 14.5 Å². The maximum absolute atomic E-state index is 13.1. The van der Waals surface area contributed by atoms with Gasteiger partial charge in [-0.1, -0.05) is 39.0 Å². The average Bonchev–Trinajstić information content (AvgIpc) is 3.27. The third-order valence-electron chi connectivity index (χ3n) is 4.57. The number of fused-ring (bicyclic) bond motifs is 1. The van der Waals surface area contributed by atoms with Crippen LogP contribution in [0.3, 0.4) is 0 Å². The van der Waals surface area contributed by atoms with Crippen molar-refractivity contribution in [3.8, 4) is 11.5 Å². The smallest absolute Gasteiger partial charge is 0.231 e. The van der Waals surface area contributed by atoms with E-state index in [2.05, 4.69) is 32.2 Å². The van der Waals surface area contributed by atoms with Crippen molar-refractivity contribution in [1.29, 1.82) is 0 Å². The lowest BCUT2D eigenvalue weighted by Gasteiger charge is -2.17. The van der Waals surface area contributed by atoms with Crippen molar-refractivity contribution in [1.82, 2.24) is 4.98 Å². The van der Waals surface area contributed by atoms with E-state index in [9.17, 15) is 4.39 Å². The monoisotopic (exact) mass is 398 g/mol. The van der Waals surface area contributed by atoms with Gasteiger partial charge in [0, 0.05) is 23.3 Å².